The minimum atomic E-state index is -0.436. The molecule has 1 fully saturated rings. The number of urea groups is 1. The standard InChI is InChI=1S/C21H33N3O2S/c1-4-21(2,3)13-10-11-15-16(12-13)27-19(17(15)18(22)25)24-20(26)23-14-8-6-5-7-9-14/h13-14H,4-12H2,1-3H3,(H2,22,25)(H2,23,24,26)/t13-/m1/s1. The summed E-state index contributed by atoms with van der Waals surface area (Å²) in [7, 11) is 0. The molecule has 2 aliphatic rings. The number of primary amides is 1. The molecule has 0 saturated heterocycles. The zero-order valence-corrected chi connectivity index (χ0v) is 17.6. The molecule has 1 heterocycles. The largest absolute Gasteiger partial charge is 0.365 e. The van der Waals surface area contributed by atoms with Gasteiger partial charge in [-0.1, -0.05) is 46.5 Å². The molecule has 27 heavy (non-hydrogen) atoms. The molecule has 3 amide bonds. The van der Waals surface area contributed by atoms with Crippen LogP contribution in [0.1, 0.15) is 86.5 Å². The molecule has 2 aliphatic carbocycles. The topological polar surface area (TPSA) is 84.2 Å². The minimum Gasteiger partial charge on any atom is -0.365 e. The Labute approximate surface area is 166 Å². The van der Waals surface area contributed by atoms with Gasteiger partial charge in [0.1, 0.15) is 5.00 Å². The Bertz CT molecular complexity index is 705. The first kappa shape index (κ1) is 20.2. The number of amides is 3. The van der Waals surface area contributed by atoms with Crippen molar-refractivity contribution in [2.75, 3.05) is 5.32 Å². The second-order valence-corrected chi connectivity index (χ2v) is 9.89. The van der Waals surface area contributed by atoms with Crippen molar-refractivity contribution >= 4 is 28.3 Å². The maximum atomic E-state index is 12.5. The van der Waals surface area contributed by atoms with Gasteiger partial charge in [0.05, 0.1) is 5.56 Å². The van der Waals surface area contributed by atoms with Crippen LogP contribution < -0.4 is 16.4 Å². The van der Waals surface area contributed by atoms with Gasteiger partial charge >= 0.3 is 6.03 Å². The normalized spacial score (nSPS) is 20.8. The molecule has 0 bridgehead atoms. The number of carbonyl (C=O) groups excluding carboxylic acids is 2. The van der Waals surface area contributed by atoms with Crippen LogP contribution in [0, 0.1) is 11.3 Å². The van der Waals surface area contributed by atoms with Gasteiger partial charge in [0.15, 0.2) is 0 Å². The van der Waals surface area contributed by atoms with E-state index in [-0.39, 0.29) is 17.5 Å². The van der Waals surface area contributed by atoms with E-state index in [1.807, 2.05) is 0 Å². The highest BCUT2D eigenvalue weighted by Gasteiger charge is 2.35. The van der Waals surface area contributed by atoms with Crippen molar-refractivity contribution in [3.8, 4) is 0 Å². The van der Waals surface area contributed by atoms with Gasteiger partial charge < -0.3 is 11.1 Å². The summed E-state index contributed by atoms with van der Waals surface area (Å²) in [5.41, 5.74) is 7.55. The predicted molar refractivity (Wildman–Crippen MR) is 111 cm³/mol. The van der Waals surface area contributed by atoms with E-state index in [1.165, 1.54) is 35.5 Å². The number of carbonyl (C=O) groups is 2. The van der Waals surface area contributed by atoms with Crippen LogP contribution in [0.2, 0.25) is 0 Å². The number of rotatable bonds is 5. The third kappa shape index (κ3) is 4.48. The molecule has 150 valence electrons. The molecule has 0 spiro atoms. The first-order valence-corrected chi connectivity index (χ1v) is 11.1. The Balaban J connectivity index is 1.76. The zero-order valence-electron chi connectivity index (χ0n) is 16.8. The van der Waals surface area contributed by atoms with E-state index in [4.69, 9.17) is 5.73 Å². The zero-order chi connectivity index (χ0) is 19.6. The van der Waals surface area contributed by atoms with Crippen molar-refractivity contribution in [2.45, 2.75) is 84.6 Å². The molecule has 5 nitrogen and oxygen atoms in total. The second-order valence-electron chi connectivity index (χ2n) is 8.79. The van der Waals surface area contributed by atoms with Crippen LogP contribution in [0.25, 0.3) is 0 Å². The molecule has 1 aromatic rings. The fraction of sp³-hybridized carbons (Fsp3) is 0.714. The molecule has 0 aromatic carbocycles. The van der Waals surface area contributed by atoms with E-state index >= 15 is 0 Å². The Hall–Kier alpha value is -1.56. The number of fused-ring (bicyclic) bond motifs is 1. The Kier molecular flexibility index (Phi) is 6.14. The number of nitrogens with two attached hydrogens (primary N) is 1. The van der Waals surface area contributed by atoms with Crippen LogP contribution in [0.4, 0.5) is 9.80 Å². The van der Waals surface area contributed by atoms with Gasteiger partial charge in [0, 0.05) is 10.9 Å². The SMILES string of the molecule is CCC(C)(C)[C@@H]1CCc2c(sc(NC(=O)NC3CCCCC3)c2C(N)=O)C1. The lowest BCUT2D eigenvalue weighted by atomic mass is 9.69. The lowest BCUT2D eigenvalue weighted by Gasteiger charge is -2.36. The van der Waals surface area contributed by atoms with Crippen molar-refractivity contribution < 1.29 is 9.59 Å². The van der Waals surface area contributed by atoms with Crippen molar-refractivity contribution in [2.24, 2.45) is 17.1 Å². The molecule has 3 rings (SSSR count). The van der Waals surface area contributed by atoms with E-state index in [2.05, 4.69) is 31.4 Å². The van der Waals surface area contributed by atoms with Gasteiger partial charge in [0.25, 0.3) is 5.91 Å². The van der Waals surface area contributed by atoms with Crippen LogP contribution in [-0.2, 0) is 12.8 Å². The highest BCUT2D eigenvalue weighted by atomic mass is 32.1. The van der Waals surface area contributed by atoms with Crippen LogP contribution >= 0.6 is 11.3 Å². The van der Waals surface area contributed by atoms with E-state index in [0.717, 1.165) is 44.1 Å². The summed E-state index contributed by atoms with van der Waals surface area (Å²) in [5, 5.41) is 6.61. The maximum Gasteiger partial charge on any atom is 0.320 e. The van der Waals surface area contributed by atoms with Crippen LogP contribution in [0.5, 0.6) is 0 Å². The third-order valence-corrected chi connectivity index (χ3v) is 7.87. The molecular weight excluding hydrogens is 358 g/mol. The quantitative estimate of drug-likeness (QED) is 0.671. The average molecular weight is 392 g/mol. The van der Waals surface area contributed by atoms with E-state index in [0.29, 0.717) is 16.5 Å². The average Bonchev–Trinajstić information content (AvgIpc) is 2.99. The summed E-state index contributed by atoms with van der Waals surface area (Å²) in [4.78, 5) is 25.8. The summed E-state index contributed by atoms with van der Waals surface area (Å²) < 4.78 is 0. The van der Waals surface area contributed by atoms with Gasteiger partial charge in [-0.3, -0.25) is 10.1 Å². The van der Waals surface area contributed by atoms with Crippen molar-refractivity contribution in [1.82, 2.24) is 5.32 Å². The monoisotopic (exact) mass is 391 g/mol. The number of thiophene rings is 1. The summed E-state index contributed by atoms with van der Waals surface area (Å²) in [6.45, 7) is 6.88. The Morgan fingerprint density at radius 1 is 1.19 bits per heavy atom. The van der Waals surface area contributed by atoms with Gasteiger partial charge in [-0.05, 0) is 49.0 Å². The maximum absolute atomic E-state index is 12.5. The second kappa shape index (κ2) is 8.21. The van der Waals surface area contributed by atoms with E-state index in [1.54, 1.807) is 0 Å². The number of nitrogens with one attached hydrogen (secondary N) is 2. The van der Waals surface area contributed by atoms with Crippen molar-refractivity contribution in [1.29, 1.82) is 0 Å². The van der Waals surface area contributed by atoms with Crippen molar-refractivity contribution in [3.05, 3.63) is 16.0 Å². The van der Waals surface area contributed by atoms with Crippen LogP contribution in [0.3, 0.4) is 0 Å². The summed E-state index contributed by atoms with van der Waals surface area (Å²) in [6, 6.07) is 0.0218. The minimum absolute atomic E-state index is 0.214. The van der Waals surface area contributed by atoms with Gasteiger partial charge in [-0.2, -0.15) is 0 Å². The van der Waals surface area contributed by atoms with Gasteiger partial charge in [0.2, 0.25) is 0 Å². The Morgan fingerprint density at radius 3 is 2.52 bits per heavy atom. The number of hydrogen-bond donors (Lipinski definition) is 3. The molecule has 1 aromatic heterocycles. The Morgan fingerprint density at radius 2 is 1.89 bits per heavy atom. The van der Waals surface area contributed by atoms with Crippen LogP contribution in [-0.4, -0.2) is 18.0 Å². The van der Waals surface area contributed by atoms with Gasteiger partial charge in [-0.15, -0.1) is 11.3 Å². The number of hydrogen-bond acceptors (Lipinski definition) is 3. The summed E-state index contributed by atoms with van der Waals surface area (Å²) in [6.07, 6.45) is 9.68. The first-order chi connectivity index (χ1) is 12.8. The molecule has 1 saturated carbocycles. The first-order valence-electron chi connectivity index (χ1n) is 10.3. The summed E-state index contributed by atoms with van der Waals surface area (Å²) in [5.74, 6) is 0.159. The highest BCUT2D eigenvalue weighted by molar-refractivity contribution is 7.17. The predicted octanol–water partition coefficient (Wildman–Crippen LogP) is 4.84. The molecular formula is C21H33N3O2S. The molecule has 0 radical (unpaired) electrons. The molecule has 0 aliphatic heterocycles. The third-order valence-electron chi connectivity index (χ3n) is 6.70. The van der Waals surface area contributed by atoms with Gasteiger partial charge in [-0.25, -0.2) is 4.79 Å². The highest BCUT2D eigenvalue weighted by Crippen LogP contribution is 2.45. The fourth-order valence-electron chi connectivity index (χ4n) is 4.46. The molecule has 1 atom stereocenters. The lowest BCUT2D eigenvalue weighted by Crippen LogP contribution is -2.39. The van der Waals surface area contributed by atoms with E-state index < -0.39 is 5.91 Å². The fourth-order valence-corrected chi connectivity index (χ4v) is 5.79. The summed E-state index contributed by atoms with van der Waals surface area (Å²) >= 11 is 1.54. The van der Waals surface area contributed by atoms with Crippen molar-refractivity contribution in [3.63, 3.8) is 0 Å². The van der Waals surface area contributed by atoms with E-state index in [9.17, 15) is 9.59 Å². The molecule has 6 heteroatoms. The molecule has 0 unspecified atom stereocenters. The lowest BCUT2D eigenvalue weighted by molar-refractivity contribution is 0.1000. The van der Waals surface area contributed by atoms with Crippen LogP contribution in [0.15, 0.2) is 0 Å². The number of anilines is 1. The molecule has 4 N–H and O–H groups in total. The smallest absolute Gasteiger partial charge is 0.320 e.